The van der Waals surface area contributed by atoms with Crippen LogP contribution >= 0.6 is 0 Å². The van der Waals surface area contributed by atoms with E-state index in [1.54, 1.807) is 36.4 Å². The van der Waals surface area contributed by atoms with E-state index in [0.717, 1.165) is 14.2 Å². The van der Waals surface area contributed by atoms with Gasteiger partial charge in [0.2, 0.25) is 13.6 Å². The lowest BCUT2D eigenvalue weighted by molar-refractivity contribution is -0.159. The summed E-state index contributed by atoms with van der Waals surface area (Å²) in [5.41, 5.74) is 1.01. The standard InChI is InChI=1S/2C15H14O8/c2*1-19-13(16)10-11(14(17)20-2)15(18)23-12(10)7-3-4-8-9(5-7)22-6-21-8/h2*3-5,10-12H,6H2,1-2H3/t10?,11?,12-;10?,11-,12-/m00/s1. The normalized spacial score (nSPS) is 25.0. The van der Waals surface area contributed by atoms with Gasteiger partial charge in [-0.25, -0.2) is 0 Å². The van der Waals surface area contributed by atoms with Crippen LogP contribution in [0.15, 0.2) is 36.4 Å². The summed E-state index contributed by atoms with van der Waals surface area (Å²) in [6.07, 6.45) is -1.93. The molecular formula is C30H28O16. The minimum atomic E-state index is -1.36. The first-order chi connectivity index (χ1) is 22.1. The van der Waals surface area contributed by atoms with Gasteiger partial charge < -0.3 is 47.4 Å². The summed E-state index contributed by atoms with van der Waals surface area (Å²) >= 11 is 0. The van der Waals surface area contributed by atoms with Crippen LogP contribution in [0.4, 0.5) is 0 Å². The average Bonchev–Trinajstić information content (AvgIpc) is 3.87. The second-order valence-electron chi connectivity index (χ2n) is 10.0. The number of esters is 6. The number of cyclic esters (lactones) is 2. The van der Waals surface area contributed by atoms with Gasteiger partial charge in [-0.3, -0.25) is 28.8 Å². The fraction of sp³-hybridized carbons (Fsp3) is 0.400. The number of fused-ring (bicyclic) bond motifs is 2. The smallest absolute Gasteiger partial charge is 0.322 e. The van der Waals surface area contributed by atoms with Crippen molar-refractivity contribution < 1.29 is 76.1 Å². The van der Waals surface area contributed by atoms with Crippen LogP contribution in [-0.2, 0) is 57.2 Å². The minimum absolute atomic E-state index is 0.0917. The summed E-state index contributed by atoms with van der Waals surface area (Å²) in [6.45, 7) is 0.183. The van der Waals surface area contributed by atoms with Crippen molar-refractivity contribution in [1.29, 1.82) is 0 Å². The predicted molar refractivity (Wildman–Crippen MR) is 145 cm³/mol. The number of hydrogen-bond acceptors (Lipinski definition) is 16. The Morgan fingerprint density at radius 2 is 0.891 bits per heavy atom. The molecule has 16 nitrogen and oxygen atoms in total. The molecule has 0 bridgehead atoms. The van der Waals surface area contributed by atoms with Crippen LogP contribution in [0.5, 0.6) is 23.0 Å². The molecule has 0 amide bonds. The van der Waals surface area contributed by atoms with Crippen LogP contribution in [0.2, 0.25) is 0 Å². The lowest BCUT2D eigenvalue weighted by Gasteiger charge is -2.18. The Kier molecular flexibility index (Phi) is 9.16. The van der Waals surface area contributed by atoms with Crippen LogP contribution in [0.25, 0.3) is 0 Å². The highest BCUT2D eigenvalue weighted by Crippen LogP contribution is 2.45. The molecule has 0 saturated carbocycles. The first-order valence-corrected chi connectivity index (χ1v) is 13.6. The summed E-state index contributed by atoms with van der Waals surface area (Å²) in [5.74, 6) is -7.69. The Labute approximate surface area is 260 Å². The largest absolute Gasteiger partial charge is 0.469 e. The van der Waals surface area contributed by atoms with E-state index in [2.05, 4.69) is 9.47 Å². The monoisotopic (exact) mass is 644 g/mol. The molecule has 6 rings (SSSR count). The van der Waals surface area contributed by atoms with E-state index in [-0.39, 0.29) is 13.6 Å². The summed E-state index contributed by atoms with van der Waals surface area (Å²) in [4.78, 5) is 71.9. The molecule has 0 radical (unpaired) electrons. The van der Waals surface area contributed by atoms with Gasteiger partial charge in [0.1, 0.15) is 24.0 Å². The van der Waals surface area contributed by atoms with E-state index in [4.69, 9.17) is 37.9 Å². The van der Waals surface area contributed by atoms with Gasteiger partial charge in [0.05, 0.1) is 28.4 Å². The van der Waals surface area contributed by atoms with Crippen LogP contribution in [0.1, 0.15) is 23.3 Å². The van der Waals surface area contributed by atoms with Gasteiger partial charge >= 0.3 is 35.8 Å². The molecule has 4 aliphatic heterocycles. The van der Waals surface area contributed by atoms with Crippen molar-refractivity contribution >= 4 is 35.8 Å². The Morgan fingerprint density at radius 1 is 0.543 bits per heavy atom. The Bertz CT molecular complexity index is 1450. The molecule has 4 heterocycles. The quantitative estimate of drug-likeness (QED) is 0.247. The zero-order chi connectivity index (χ0) is 33.1. The summed E-state index contributed by atoms with van der Waals surface area (Å²) < 4.78 is 50.1. The highest BCUT2D eigenvalue weighted by molar-refractivity contribution is 6.02. The molecule has 16 heteroatoms. The van der Waals surface area contributed by atoms with Gasteiger partial charge in [-0.1, -0.05) is 12.1 Å². The molecule has 0 N–H and O–H groups in total. The third-order valence-electron chi connectivity index (χ3n) is 7.67. The van der Waals surface area contributed by atoms with Crippen molar-refractivity contribution in [3.8, 4) is 23.0 Å². The Hall–Kier alpha value is -5.54. The van der Waals surface area contributed by atoms with E-state index in [0.29, 0.717) is 34.1 Å². The Balaban J connectivity index is 0.000000181. The molecule has 0 aliphatic carbocycles. The van der Waals surface area contributed by atoms with Crippen LogP contribution in [0, 0.1) is 23.7 Å². The van der Waals surface area contributed by atoms with Gasteiger partial charge in [0.15, 0.2) is 34.8 Å². The summed E-state index contributed by atoms with van der Waals surface area (Å²) in [5, 5.41) is 0. The van der Waals surface area contributed by atoms with Crippen LogP contribution < -0.4 is 18.9 Å². The second kappa shape index (κ2) is 13.2. The van der Waals surface area contributed by atoms with Crippen molar-refractivity contribution in [2.75, 3.05) is 42.0 Å². The third kappa shape index (κ3) is 5.80. The van der Waals surface area contributed by atoms with Gasteiger partial charge in [-0.2, -0.15) is 0 Å². The minimum Gasteiger partial charge on any atom is -0.469 e. The van der Waals surface area contributed by atoms with Gasteiger partial charge in [0, 0.05) is 0 Å². The molecule has 4 aliphatic rings. The molecule has 6 atom stereocenters. The number of rotatable bonds is 6. The number of carbonyl (C=O) groups is 6. The summed E-state index contributed by atoms with van der Waals surface area (Å²) in [6, 6.07) is 9.78. The van der Waals surface area contributed by atoms with Crippen molar-refractivity contribution in [3.63, 3.8) is 0 Å². The highest BCUT2D eigenvalue weighted by atomic mass is 16.7. The summed E-state index contributed by atoms with van der Waals surface area (Å²) in [7, 11) is 4.63. The molecule has 0 aromatic heterocycles. The van der Waals surface area contributed by atoms with Crippen molar-refractivity contribution in [2.24, 2.45) is 23.7 Å². The fourth-order valence-electron chi connectivity index (χ4n) is 5.45. The average molecular weight is 645 g/mol. The molecule has 3 unspecified atom stereocenters. The SMILES string of the molecule is COC(=O)C1C(=O)O[C@@H](c2ccc3c(c2)OCO3)C1C(=O)OC.COC(=O)C1[C@@H](C(=O)OC)C(=O)O[C@H]1c1ccc2c(c1)OCO2. The number of methoxy groups -OCH3 is 4. The third-order valence-corrected chi connectivity index (χ3v) is 7.67. The maximum absolute atomic E-state index is 12.1. The van der Waals surface area contributed by atoms with Gasteiger partial charge in [-0.15, -0.1) is 0 Å². The van der Waals surface area contributed by atoms with Gasteiger partial charge in [0.25, 0.3) is 0 Å². The van der Waals surface area contributed by atoms with Crippen molar-refractivity contribution in [3.05, 3.63) is 47.5 Å². The molecule has 2 fully saturated rings. The van der Waals surface area contributed by atoms with Crippen LogP contribution in [-0.4, -0.2) is 77.8 Å². The Morgan fingerprint density at radius 3 is 1.24 bits per heavy atom. The molecule has 244 valence electrons. The second-order valence-corrected chi connectivity index (χ2v) is 10.0. The molecule has 2 aromatic carbocycles. The first kappa shape index (κ1) is 31.9. The fourth-order valence-corrected chi connectivity index (χ4v) is 5.45. The first-order valence-electron chi connectivity index (χ1n) is 13.6. The number of benzene rings is 2. The zero-order valence-electron chi connectivity index (χ0n) is 24.9. The molecule has 0 spiro atoms. The number of hydrogen-bond donors (Lipinski definition) is 0. The number of carbonyl (C=O) groups excluding carboxylic acids is 6. The van der Waals surface area contributed by atoms with E-state index in [1.807, 2.05) is 0 Å². The molecule has 2 saturated heterocycles. The topological polar surface area (TPSA) is 195 Å². The number of ether oxygens (including phenoxy) is 10. The van der Waals surface area contributed by atoms with E-state index >= 15 is 0 Å². The molecule has 2 aromatic rings. The lowest BCUT2D eigenvalue weighted by atomic mass is 9.87. The highest BCUT2D eigenvalue weighted by Gasteiger charge is 2.56. The van der Waals surface area contributed by atoms with Crippen molar-refractivity contribution in [2.45, 2.75) is 12.2 Å². The molecular weight excluding hydrogens is 616 g/mol. The van der Waals surface area contributed by atoms with E-state index in [9.17, 15) is 28.8 Å². The van der Waals surface area contributed by atoms with E-state index < -0.39 is 71.7 Å². The maximum Gasteiger partial charge on any atom is 0.322 e. The zero-order valence-corrected chi connectivity index (χ0v) is 24.9. The maximum atomic E-state index is 12.1. The molecule has 46 heavy (non-hydrogen) atoms. The predicted octanol–water partition coefficient (Wildman–Crippen LogP) is 1.18. The van der Waals surface area contributed by atoms with Crippen LogP contribution in [0.3, 0.4) is 0 Å². The van der Waals surface area contributed by atoms with Gasteiger partial charge in [-0.05, 0) is 35.4 Å². The lowest BCUT2D eigenvalue weighted by Crippen LogP contribution is -2.33. The van der Waals surface area contributed by atoms with E-state index in [1.165, 1.54) is 14.2 Å². The van der Waals surface area contributed by atoms with Crippen molar-refractivity contribution in [1.82, 2.24) is 0 Å².